The minimum atomic E-state index is -0.344. The lowest BCUT2D eigenvalue weighted by molar-refractivity contribution is -0.384. The topological polar surface area (TPSA) is 49.6 Å². The molecule has 2 aliphatic heterocycles. The van der Waals surface area contributed by atoms with Crippen molar-refractivity contribution in [3.05, 3.63) is 34.4 Å². The summed E-state index contributed by atoms with van der Waals surface area (Å²) in [5.74, 6) is 0. The van der Waals surface area contributed by atoms with Gasteiger partial charge in [0.2, 0.25) is 0 Å². The van der Waals surface area contributed by atoms with Gasteiger partial charge in [-0.1, -0.05) is 6.42 Å². The maximum Gasteiger partial charge on any atom is 0.269 e. The first-order valence-corrected chi connectivity index (χ1v) is 6.97. The number of non-ortho nitro benzene ring substituents is 1. The molecule has 0 amide bonds. The molecule has 2 aliphatic rings. The van der Waals surface area contributed by atoms with Gasteiger partial charge in [0.05, 0.1) is 4.92 Å². The van der Waals surface area contributed by atoms with Crippen molar-refractivity contribution in [3.8, 4) is 0 Å². The molecule has 1 atom stereocenters. The number of piperidine rings is 1. The average Bonchev–Trinajstić information content (AvgIpc) is 2.47. The zero-order valence-corrected chi connectivity index (χ0v) is 11.0. The molecule has 2 fully saturated rings. The van der Waals surface area contributed by atoms with E-state index in [0.717, 1.165) is 25.3 Å². The fourth-order valence-corrected chi connectivity index (χ4v) is 3.18. The Morgan fingerprint density at radius 1 is 1.11 bits per heavy atom. The number of piperazine rings is 1. The molecule has 2 saturated heterocycles. The summed E-state index contributed by atoms with van der Waals surface area (Å²) in [6, 6.07) is 7.61. The van der Waals surface area contributed by atoms with Crippen LogP contribution in [0.2, 0.25) is 0 Å². The highest BCUT2D eigenvalue weighted by atomic mass is 16.6. The molecule has 5 nitrogen and oxygen atoms in total. The number of hydrogen-bond acceptors (Lipinski definition) is 4. The second-order valence-corrected chi connectivity index (χ2v) is 5.41. The van der Waals surface area contributed by atoms with E-state index in [1.165, 1.54) is 25.8 Å². The highest BCUT2D eigenvalue weighted by molar-refractivity contribution is 5.51. The molecule has 0 spiro atoms. The summed E-state index contributed by atoms with van der Waals surface area (Å²) in [6.07, 6.45) is 3.94. The van der Waals surface area contributed by atoms with Crippen LogP contribution in [0.1, 0.15) is 19.3 Å². The van der Waals surface area contributed by atoms with Crippen molar-refractivity contribution in [3.63, 3.8) is 0 Å². The Kier molecular flexibility index (Phi) is 3.38. The number of nitro groups is 1. The minimum Gasteiger partial charge on any atom is -0.369 e. The lowest BCUT2D eigenvalue weighted by Crippen LogP contribution is -2.54. The van der Waals surface area contributed by atoms with Crippen molar-refractivity contribution < 1.29 is 4.92 Å². The first-order chi connectivity index (χ1) is 9.24. The predicted octanol–water partition coefficient (Wildman–Crippen LogP) is 2.27. The molecule has 1 aromatic rings. The number of benzene rings is 1. The van der Waals surface area contributed by atoms with Gasteiger partial charge in [-0.25, -0.2) is 0 Å². The maximum atomic E-state index is 10.7. The van der Waals surface area contributed by atoms with E-state index in [1.54, 1.807) is 12.1 Å². The standard InChI is InChI=1S/C14H19N3O2/c18-17(19)13-6-4-12(5-7-13)16-10-9-15-8-2-1-3-14(15)11-16/h4-7,14H,1-3,8-11H2/t14-/m1/s1. The van der Waals surface area contributed by atoms with Crippen LogP contribution in [0.15, 0.2) is 24.3 Å². The second kappa shape index (κ2) is 5.17. The Hall–Kier alpha value is -1.62. The highest BCUT2D eigenvalue weighted by Gasteiger charge is 2.28. The summed E-state index contributed by atoms with van der Waals surface area (Å²) >= 11 is 0. The van der Waals surface area contributed by atoms with Crippen molar-refractivity contribution in [2.75, 3.05) is 31.1 Å². The van der Waals surface area contributed by atoms with Crippen LogP contribution in [-0.4, -0.2) is 42.0 Å². The molecule has 2 heterocycles. The summed E-state index contributed by atoms with van der Waals surface area (Å²) in [4.78, 5) is 15.3. The summed E-state index contributed by atoms with van der Waals surface area (Å²) in [7, 11) is 0. The molecule has 0 aromatic heterocycles. The Bertz CT molecular complexity index is 460. The van der Waals surface area contributed by atoms with Crippen molar-refractivity contribution in [1.82, 2.24) is 4.90 Å². The van der Waals surface area contributed by atoms with Crippen LogP contribution in [0, 0.1) is 10.1 Å². The van der Waals surface area contributed by atoms with Crippen molar-refractivity contribution >= 4 is 11.4 Å². The van der Waals surface area contributed by atoms with Crippen LogP contribution in [0.5, 0.6) is 0 Å². The Morgan fingerprint density at radius 3 is 2.63 bits per heavy atom. The zero-order valence-electron chi connectivity index (χ0n) is 11.0. The first-order valence-electron chi connectivity index (χ1n) is 6.97. The fraction of sp³-hybridized carbons (Fsp3) is 0.571. The predicted molar refractivity (Wildman–Crippen MR) is 74.5 cm³/mol. The Morgan fingerprint density at radius 2 is 1.89 bits per heavy atom. The molecule has 19 heavy (non-hydrogen) atoms. The smallest absolute Gasteiger partial charge is 0.269 e. The number of anilines is 1. The molecule has 1 aromatic carbocycles. The van der Waals surface area contributed by atoms with Gasteiger partial charge in [0.1, 0.15) is 0 Å². The largest absolute Gasteiger partial charge is 0.369 e. The monoisotopic (exact) mass is 261 g/mol. The summed E-state index contributed by atoms with van der Waals surface area (Å²) in [5.41, 5.74) is 1.27. The number of hydrogen-bond donors (Lipinski definition) is 0. The summed E-state index contributed by atoms with van der Waals surface area (Å²) in [5, 5.41) is 10.7. The lowest BCUT2D eigenvalue weighted by atomic mass is 9.99. The van der Waals surface area contributed by atoms with Crippen LogP contribution in [0.25, 0.3) is 0 Å². The van der Waals surface area contributed by atoms with E-state index < -0.39 is 0 Å². The number of nitrogens with zero attached hydrogens (tertiary/aromatic N) is 3. The van der Waals surface area contributed by atoms with Gasteiger partial charge >= 0.3 is 0 Å². The average molecular weight is 261 g/mol. The van der Waals surface area contributed by atoms with E-state index in [1.807, 2.05) is 12.1 Å². The molecular formula is C14H19N3O2. The van der Waals surface area contributed by atoms with Gasteiger partial charge in [-0.05, 0) is 31.5 Å². The van der Waals surface area contributed by atoms with Crippen LogP contribution < -0.4 is 4.90 Å². The van der Waals surface area contributed by atoms with Gasteiger partial charge in [0.15, 0.2) is 0 Å². The molecular weight excluding hydrogens is 242 g/mol. The molecule has 0 radical (unpaired) electrons. The van der Waals surface area contributed by atoms with Crippen LogP contribution >= 0.6 is 0 Å². The summed E-state index contributed by atoms with van der Waals surface area (Å²) in [6.45, 7) is 4.42. The van der Waals surface area contributed by atoms with Crippen molar-refractivity contribution in [1.29, 1.82) is 0 Å². The lowest BCUT2D eigenvalue weighted by Gasteiger charge is -2.44. The third-order valence-corrected chi connectivity index (χ3v) is 4.26. The summed E-state index contributed by atoms with van der Waals surface area (Å²) < 4.78 is 0. The minimum absolute atomic E-state index is 0.167. The van der Waals surface area contributed by atoms with Gasteiger partial charge in [-0.15, -0.1) is 0 Å². The SMILES string of the molecule is O=[N+]([O-])c1ccc(N2CCN3CCCC[C@@H]3C2)cc1. The first kappa shape index (κ1) is 12.4. The van der Waals surface area contributed by atoms with Crippen molar-refractivity contribution in [2.24, 2.45) is 0 Å². The highest BCUT2D eigenvalue weighted by Crippen LogP contribution is 2.26. The van der Waals surface area contributed by atoms with Crippen molar-refractivity contribution in [2.45, 2.75) is 25.3 Å². The molecule has 102 valence electrons. The Balaban J connectivity index is 1.70. The quantitative estimate of drug-likeness (QED) is 0.605. The van der Waals surface area contributed by atoms with E-state index in [9.17, 15) is 10.1 Å². The van der Waals surface area contributed by atoms with Gasteiger partial charge in [0.25, 0.3) is 5.69 Å². The maximum absolute atomic E-state index is 10.7. The van der Waals surface area contributed by atoms with Gasteiger partial charge in [0, 0.05) is 43.5 Å². The second-order valence-electron chi connectivity index (χ2n) is 5.41. The molecule has 0 N–H and O–H groups in total. The molecule has 0 saturated carbocycles. The van der Waals surface area contributed by atoms with Gasteiger partial charge < -0.3 is 4.90 Å². The fourth-order valence-electron chi connectivity index (χ4n) is 3.18. The number of fused-ring (bicyclic) bond motifs is 1. The van der Waals surface area contributed by atoms with E-state index in [-0.39, 0.29) is 10.6 Å². The van der Waals surface area contributed by atoms with Gasteiger partial charge in [-0.3, -0.25) is 15.0 Å². The molecule has 0 bridgehead atoms. The van der Waals surface area contributed by atoms with E-state index >= 15 is 0 Å². The zero-order chi connectivity index (χ0) is 13.2. The van der Waals surface area contributed by atoms with E-state index in [0.29, 0.717) is 6.04 Å². The van der Waals surface area contributed by atoms with Gasteiger partial charge in [-0.2, -0.15) is 0 Å². The normalized spacial score (nSPS) is 24.0. The molecule has 0 unspecified atom stereocenters. The van der Waals surface area contributed by atoms with Crippen LogP contribution in [0.3, 0.4) is 0 Å². The van der Waals surface area contributed by atoms with Crippen LogP contribution in [-0.2, 0) is 0 Å². The molecule has 5 heteroatoms. The molecule has 0 aliphatic carbocycles. The number of rotatable bonds is 2. The van der Waals surface area contributed by atoms with E-state index in [4.69, 9.17) is 0 Å². The Labute approximate surface area is 113 Å². The third kappa shape index (κ3) is 2.56. The van der Waals surface area contributed by atoms with Crippen LogP contribution in [0.4, 0.5) is 11.4 Å². The molecule has 3 rings (SSSR count). The van der Waals surface area contributed by atoms with E-state index in [2.05, 4.69) is 9.80 Å². The third-order valence-electron chi connectivity index (χ3n) is 4.26. The number of nitro benzene ring substituents is 1.